The van der Waals surface area contributed by atoms with Gasteiger partial charge in [-0.3, -0.25) is 4.79 Å². The molecule has 30 heavy (non-hydrogen) atoms. The zero-order chi connectivity index (χ0) is 21.7. The molecule has 0 spiro atoms. The molecule has 5 nitrogen and oxygen atoms in total. The van der Waals surface area contributed by atoms with Crippen molar-refractivity contribution in [2.24, 2.45) is 0 Å². The van der Waals surface area contributed by atoms with Crippen molar-refractivity contribution in [3.05, 3.63) is 93.1 Å². The Morgan fingerprint density at radius 3 is 2.27 bits per heavy atom. The number of sulfonamides is 1. The quantitative estimate of drug-likeness (QED) is 0.421. The van der Waals surface area contributed by atoms with E-state index in [0.717, 1.165) is 20.3 Å². The average Bonchev–Trinajstić information content (AvgIpc) is 2.71. The van der Waals surface area contributed by atoms with Gasteiger partial charge >= 0.3 is 0 Å². The molecule has 0 fully saturated rings. The topological polar surface area (TPSA) is 75.3 Å². The Balaban J connectivity index is 1.81. The maximum Gasteiger partial charge on any atom is 0.241 e. The molecule has 0 saturated heterocycles. The van der Waals surface area contributed by atoms with Crippen molar-refractivity contribution in [1.29, 1.82) is 0 Å². The molecule has 0 aromatic heterocycles. The van der Waals surface area contributed by atoms with Crippen LogP contribution in [0.15, 0.2) is 77.7 Å². The minimum absolute atomic E-state index is 0.0276. The molecule has 156 valence electrons. The molecular formula is C23H23IN2O3S. The lowest BCUT2D eigenvalue weighted by Gasteiger charge is -2.19. The first-order chi connectivity index (χ1) is 14.2. The van der Waals surface area contributed by atoms with Crippen molar-refractivity contribution < 1.29 is 13.2 Å². The zero-order valence-electron chi connectivity index (χ0n) is 16.7. The molecule has 2 N–H and O–H groups in total. The molecule has 0 saturated carbocycles. The first kappa shape index (κ1) is 22.5. The van der Waals surface area contributed by atoms with Crippen LogP contribution in [-0.4, -0.2) is 14.3 Å². The number of anilines is 1. The van der Waals surface area contributed by atoms with Crippen molar-refractivity contribution in [3.8, 4) is 0 Å². The Kier molecular flexibility index (Phi) is 7.27. The first-order valence-electron chi connectivity index (χ1n) is 9.44. The summed E-state index contributed by atoms with van der Waals surface area (Å²) in [6, 6.07) is 20.7. The third kappa shape index (κ3) is 5.90. The smallest absolute Gasteiger partial charge is 0.241 e. The molecule has 0 aliphatic carbocycles. The van der Waals surface area contributed by atoms with Crippen molar-refractivity contribution in [1.82, 2.24) is 4.72 Å². The van der Waals surface area contributed by atoms with E-state index >= 15 is 0 Å². The van der Waals surface area contributed by atoms with Gasteiger partial charge in [0.15, 0.2) is 0 Å². The summed E-state index contributed by atoms with van der Waals surface area (Å²) >= 11 is 2.24. The summed E-state index contributed by atoms with van der Waals surface area (Å²) in [6.45, 7) is 3.87. The number of carbonyl (C=O) groups is 1. The number of hydrogen-bond donors (Lipinski definition) is 2. The van der Waals surface area contributed by atoms with E-state index in [1.165, 1.54) is 0 Å². The number of nitrogens with one attached hydrogen (secondary N) is 2. The highest BCUT2D eigenvalue weighted by Gasteiger charge is 2.24. The van der Waals surface area contributed by atoms with Crippen LogP contribution in [0.2, 0.25) is 0 Å². The average molecular weight is 534 g/mol. The Labute approximate surface area is 191 Å². The summed E-state index contributed by atoms with van der Waals surface area (Å²) in [5.74, 6) is -0.268. The lowest BCUT2D eigenvalue weighted by molar-refractivity contribution is -0.116. The fourth-order valence-corrected chi connectivity index (χ4v) is 4.57. The Morgan fingerprint density at radius 1 is 0.967 bits per heavy atom. The molecule has 0 aliphatic heterocycles. The van der Waals surface area contributed by atoms with Gasteiger partial charge in [0, 0.05) is 15.7 Å². The van der Waals surface area contributed by atoms with Crippen molar-refractivity contribution in [2.75, 3.05) is 5.32 Å². The van der Waals surface area contributed by atoms with Crippen LogP contribution in [0.5, 0.6) is 0 Å². The second-order valence-electron chi connectivity index (χ2n) is 7.11. The number of rotatable bonds is 7. The maximum absolute atomic E-state index is 12.9. The predicted molar refractivity (Wildman–Crippen MR) is 128 cm³/mol. The van der Waals surface area contributed by atoms with Crippen molar-refractivity contribution in [3.63, 3.8) is 0 Å². The SMILES string of the molecule is Cc1ccc(S(=O)(=O)N[C@H](CC(=O)Nc2ccc(I)c(C)c2)c2ccccc2)cc1. The number of amides is 1. The second-order valence-corrected chi connectivity index (χ2v) is 9.99. The molecule has 3 rings (SSSR count). The lowest BCUT2D eigenvalue weighted by Crippen LogP contribution is -2.31. The highest BCUT2D eigenvalue weighted by molar-refractivity contribution is 14.1. The number of carbonyl (C=O) groups excluding carboxylic acids is 1. The monoisotopic (exact) mass is 534 g/mol. The van der Waals surface area contributed by atoms with E-state index in [2.05, 4.69) is 32.6 Å². The Hall–Kier alpha value is -2.23. The van der Waals surface area contributed by atoms with E-state index in [0.29, 0.717) is 5.69 Å². The van der Waals surface area contributed by atoms with E-state index in [1.807, 2.05) is 62.4 Å². The fourth-order valence-electron chi connectivity index (χ4n) is 3.01. The van der Waals surface area contributed by atoms with E-state index in [4.69, 9.17) is 0 Å². The summed E-state index contributed by atoms with van der Waals surface area (Å²) < 4.78 is 29.6. The van der Waals surface area contributed by atoms with Crippen LogP contribution in [-0.2, 0) is 14.8 Å². The minimum atomic E-state index is -3.79. The predicted octanol–water partition coefficient (Wildman–Crippen LogP) is 4.96. The van der Waals surface area contributed by atoms with Crippen LogP contribution in [0.1, 0.15) is 29.2 Å². The number of halogens is 1. The molecule has 0 heterocycles. The van der Waals surface area contributed by atoms with Crippen LogP contribution in [0.25, 0.3) is 0 Å². The summed E-state index contributed by atoms with van der Waals surface area (Å²) in [5.41, 5.74) is 3.45. The summed E-state index contributed by atoms with van der Waals surface area (Å²) in [4.78, 5) is 12.9. The summed E-state index contributed by atoms with van der Waals surface area (Å²) in [6.07, 6.45) is -0.0276. The van der Waals surface area contributed by atoms with Crippen LogP contribution >= 0.6 is 22.6 Å². The Morgan fingerprint density at radius 2 is 1.63 bits per heavy atom. The van der Waals surface area contributed by atoms with Crippen LogP contribution in [0, 0.1) is 17.4 Å². The molecule has 0 unspecified atom stereocenters. The molecule has 1 amide bonds. The number of hydrogen-bond acceptors (Lipinski definition) is 3. The van der Waals surface area contributed by atoms with Gasteiger partial charge in [0.05, 0.1) is 10.9 Å². The van der Waals surface area contributed by atoms with Gasteiger partial charge in [-0.25, -0.2) is 13.1 Å². The second kappa shape index (κ2) is 9.72. The largest absolute Gasteiger partial charge is 0.326 e. The molecule has 7 heteroatoms. The number of aryl methyl sites for hydroxylation is 2. The lowest BCUT2D eigenvalue weighted by atomic mass is 10.0. The standard InChI is InChI=1S/C23H23IN2O3S/c1-16-8-11-20(12-9-16)30(28,29)26-22(18-6-4-3-5-7-18)15-23(27)25-19-10-13-21(24)17(2)14-19/h3-14,22,26H,15H2,1-2H3,(H,25,27)/t22-/m1/s1. The molecule has 3 aromatic carbocycles. The van der Waals surface area contributed by atoms with Gasteiger partial charge < -0.3 is 5.32 Å². The van der Waals surface area contributed by atoms with E-state index in [9.17, 15) is 13.2 Å². The Bertz CT molecular complexity index is 1130. The maximum atomic E-state index is 12.9. The minimum Gasteiger partial charge on any atom is -0.326 e. The van der Waals surface area contributed by atoms with E-state index in [-0.39, 0.29) is 17.2 Å². The first-order valence-corrected chi connectivity index (χ1v) is 12.0. The van der Waals surface area contributed by atoms with Crippen LogP contribution in [0.3, 0.4) is 0 Å². The van der Waals surface area contributed by atoms with Gasteiger partial charge in [0.25, 0.3) is 0 Å². The third-order valence-electron chi connectivity index (χ3n) is 4.66. The van der Waals surface area contributed by atoms with E-state index < -0.39 is 16.1 Å². The normalized spacial score (nSPS) is 12.4. The molecule has 0 aliphatic rings. The molecule has 0 radical (unpaired) electrons. The van der Waals surface area contributed by atoms with Gasteiger partial charge in [-0.05, 0) is 77.9 Å². The van der Waals surface area contributed by atoms with Gasteiger partial charge in [-0.15, -0.1) is 0 Å². The third-order valence-corrected chi connectivity index (χ3v) is 7.36. The highest BCUT2D eigenvalue weighted by atomic mass is 127. The number of benzene rings is 3. The molecular weight excluding hydrogens is 511 g/mol. The van der Waals surface area contributed by atoms with Gasteiger partial charge in [0.1, 0.15) is 0 Å². The molecule has 1 atom stereocenters. The zero-order valence-corrected chi connectivity index (χ0v) is 19.7. The van der Waals surface area contributed by atoms with E-state index in [1.54, 1.807) is 24.3 Å². The van der Waals surface area contributed by atoms with Crippen LogP contribution in [0.4, 0.5) is 5.69 Å². The summed E-state index contributed by atoms with van der Waals surface area (Å²) in [5, 5.41) is 2.87. The van der Waals surface area contributed by atoms with Crippen molar-refractivity contribution in [2.45, 2.75) is 31.2 Å². The summed E-state index contributed by atoms with van der Waals surface area (Å²) in [7, 11) is -3.79. The van der Waals surface area contributed by atoms with Crippen LogP contribution < -0.4 is 10.0 Å². The highest BCUT2D eigenvalue weighted by Crippen LogP contribution is 2.22. The fraction of sp³-hybridized carbons (Fsp3) is 0.174. The van der Waals surface area contributed by atoms with Gasteiger partial charge in [-0.1, -0.05) is 48.0 Å². The van der Waals surface area contributed by atoms with Gasteiger partial charge in [-0.2, -0.15) is 0 Å². The molecule has 0 bridgehead atoms. The van der Waals surface area contributed by atoms with Gasteiger partial charge in [0.2, 0.25) is 15.9 Å². The molecule has 3 aromatic rings. The van der Waals surface area contributed by atoms with Crippen molar-refractivity contribution >= 4 is 44.2 Å².